The van der Waals surface area contributed by atoms with Crippen LogP contribution in [0, 0.1) is 5.82 Å². The van der Waals surface area contributed by atoms with Gasteiger partial charge in [0.15, 0.2) is 11.6 Å². The molecule has 0 amide bonds. The number of halogens is 1. The number of rotatable bonds is 5. The molecular weight excluding hydrogens is 273 g/mol. The summed E-state index contributed by atoms with van der Waals surface area (Å²) in [5.41, 5.74) is 7.86. The van der Waals surface area contributed by atoms with Crippen molar-refractivity contribution in [3.8, 4) is 5.75 Å². The Morgan fingerprint density at radius 2 is 1.95 bits per heavy atom. The Labute approximate surface area is 123 Å². The van der Waals surface area contributed by atoms with E-state index in [9.17, 15) is 4.39 Å². The number of nitrogens with two attached hydrogens (primary N) is 1. The summed E-state index contributed by atoms with van der Waals surface area (Å²) in [6.07, 6.45) is 2.46. The fourth-order valence-electron chi connectivity index (χ4n) is 2.19. The summed E-state index contributed by atoms with van der Waals surface area (Å²) in [4.78, 5) is 1.13. The highest BCUT2D eigenvalue weighted by Crippen LogP contribution is 2.28. The van der Waals surface area contributed by atoms with E-state index in [-0.39, 0.29) is 17.6 Å². The lowest BCUT2D eigenvalue weighted by molar-refractivity contribution is 0.383. The first-order valence-corrected chi connectivity index (χ1v) is 7.59. The van der Waals surface area contributed by atoms with Crippen molar-refractivity contribution in [2.45, 2.75) is 17.4 Å². The average Bonchev–Trinajstić information content (AvgIpc) is 2.49. The molecule has 0 spiro atoms. The first kappa shape index (κ1) is 14.9. The molecular formula is C16H18FNOS. The molecule has 0 aliphatic carbocycles. The number of methoxy groups -OCH3 is 1. The van der Waals surface area contributed by atoms with Crippen LogP contribution in [0.5, 0.6) is 5.75 Å². The van der Waals surface area contributed by atoms with E-state index in [1.165, 1.54) is 7.11 Å². The summed E-state index contributed by atoms with van der Waals surface area (Å²) < 4.78 is 19.1. The molecule has 2 nitrogen and oxygen atoms in total. The van der Waals surface area contributed by atoms with Crippen molar-refractivity contribution in [2.75, 3.05) is 13.4 Å². The number of benzene rings is 2. The van der Waals surface area contributed by atoms with E-state index in [0.29, 0.717) is 12.0 Å². The first-order valence-electron chi connectivity index (χ1n) is 6.37. The Hall–Kier alpha value is -1.52. The van der Waals surface area contributed by atoms with Gasteiger partial charge in [-0.05, 0) is 35.9 Å². The van der Waals surface area contributed by atoms with Crippen LogP contribution < -0.4 is 10.5 Å². The monoisotopic (exact) mass is 291 g/mol. The van der Waals surface area contributed by atoms with Crippen LogP contribution in [-0.4, -0.2) is 13.4 Å². The van der Waals surface area contributed by atoms with Crippen LogP contribution >= 0.6 is 11.8 Å². The Kier molecular flexibility index (Phi) is 5.04. The van der Waals surface area contributed by atoms with Gasteiger partial charge in [0.25, 0.3) is 0 Å². The minimum atomic E-state index is -0.327. The highest BCUT2D eigenvalue weighted by Gasteiger charge is 2.15. The van der Waals surface area contributed by atoms with Crippen molar-refractivity contribution in [1.82, 2.24) is 0 Å². The summed E-state index contributed by atoms with van der Waals surface area (Å²) in [6, 6.07) is 12.9. The van der Waals surface area contributed by atoms with Crippen molar-refractivity contribution in [3.63, 3.8) is 0 Å². The van der Waals surface area contributed by atoms with Crippen LogP contribution in [0.3, 0.4) is 0 Å². The third kappa shape index (κ3) is 3.14. The Bertz CT molecular complexity index is 588. The number of hydrogen-bond acceptors (Lipinski definition) is 3. The maximum Gasteiger partial charge on any atom is 0.168 e. The zero-order valence-corrected chi connectivity index (χ0v) is 12.4. The molecule has 1 unspecified atom stereocenters. The molecule has 2 aromatic rings. The van der Waals surface area contributed by atoms with Crippen LogP contribution in [-0.2, 0) is 6.42 Å². The van der Waals surface area contributed by atoms with E-state index in [1.54, 1.807) is 30.0 Å². The van der Waals surface area contributed by atoms with Gasteiger partial charge >= 0.3 is 0 Å². The largest absolute Gasteiger partial charge is 0.494 e. The summed E-state index contributed by atoms with van der Waals surface area (Å²) >= 11 is 1.65. The molecule has 0 aliphatic heterocycles. The van der Waals surface area contributed by atoms with Gasteiger partial charge in [-0.15, -0.1) is 11.8 Å². The molecule has 0 fully saturated rings. The van der Waals surface area contributed by atoms with Crippen molar-refractivity contribution in [3.05, 3.63) is 59.4 Å². The van der Waals surface area contributed by atoms with Crippen LogP contribution in [0.2, 0.25) is 0 Å². The molecule has 2 rings (SSSR count). The lowest BCUT2D eigenvalue weighted by Crippen LogP contribution is -2.15. The van der Waals surface area contributed by atoms with Gasteiger partial charge in [0, 0.05) is 10.9 Å². The SMILES string of the molecule is COc1cccc(CC(N)c2ccccc2SC)c1F. The summed E-state index contributed by atoms with van der Waals surface area (Å²) in [6.45, 7) is 0. The smallest absolute Gasteiger partial charge is 0.168 e. The number of hydrogen-bond donors (Lipinski definition) is 1. The molecule has 0 radical (unpaired) electrons. The topological polar surface area (TPSA) is 35.2 Å². The molecule has 106 valence electrons. The maximum atomic E-state index is 14.1. The van der Waals surface area contributed by atoms with Gasteiger partial charge in [0.2, 0.25) is 0 Å². The Balaban J connectivity index is 2.26. The molecule has 0 aliphatic rings. The van der Waals surface area contributed by atoms with Crippen molar-refractivity contribution in [1.29, 1.82) is 0 Å². The van der Waals surface area contributed by atoms with Crippen LogP contribution in [0.1, 0.15) is 17.2 Å². The minimum absolute atomic E-state index is 0.236. The van der Waals surface area contributed by atoms with E-state index in [2.05, 4.69) is 0 Å². The lowest BCUT2D eigenvalue weighted by atomic mass is 9.99. The minimum Gasteiger partial charge on any atom is -0.494 e. The first-order chi connectivity index (χ1) is 9.67. The molecule has 2 N–H and O–H groups in total. The molecule has 0 heterocycles. The summed E-state index contributed by atoms with van der Waals surface area (Å²) in [5.74, 6) is -0.0695. The van der Waals surface area contributed by atoms with E-state index in [1.807, 2.05) is 30.5 Å². The van der Waals surface area contributed by atoms with Crippen LogP contribution in [0.4, 0.5) is 4.39 Å². The quantitative estimate of drug-likeness (QED) is 0.851. The van der Waals surface area contributed by atoms with Gasteiger partial charge in [0.1, 0.15) is 0 Å². The Morgan fingerprint density at radius 1 is 1.20 bits per heavy atom. The second-order valence-electron chi connectivity index (χ2n) is 4.49. The predicted octanol–water partition coefficient (Wildman–Crippen LogP) is 3.80. The fourth-order valence-corrected chi connectivity index (χ4v) is 2.86. The van der Waals surface area contributed by atoms with E-state index in [4.69, 9.17) is 10.5 Å². The zero-order chi connectivity index (χ0) is 14.5. The van der Waals surface area contributed by atoms with Crippen molar-refractivity contribution in [2.24, 2.45) is 5.73 Å². The molecule has 2 aromatic carbocycles. The predicted molar refractivity (Wildman–Crippen MR) is 81.8 cm³/mol. The van der Waals surface area contributed by atoms with Gasteiger partial charge in [-0.1, -0.05) is 30.3 Å². The molecule has 0 saturated carbocycles. The van der Waals surface area contributed by atoms with E-state index in [0.717, 1.165) is 10.5 Å². The second-order valence-corrected chi connectivity index (χ2v) is 5.33. The van der Waals surface area contributed by atoms with Gasteiger partial charge in [-0.2, -0.15) is 0 Å². The van der Waals surface area contributed by atoms with Gasteiger partial charge in [-0.25, -0.2) is 4.39 Å². The van der Waals surface area contributed by atoms with Crippen molar-refractivity contribution < 1.29 is 9.13 Å². The molecule has 0 bridgehead atoms. The van der Waals surface area contributed by atoms with Crippen LogP contribution in [0.15, 0.2) is 47.4 Å². The number of ether oxygens (including phenoxy) is 1. The zero-order valence-electron chi connectivity index (χ0n) is 11.6. The Morgan fingerprint density at radius 3 is 2.65 bits per heavy atom. The van der Waals surface area contributed by atoms with Gasteiger partial charge in [0.05, 0.1) is 7.11 Å². The van der Waals surface area contributed by atoms with Gasteiger partial charge in [-0.3, -0.25) is 0 Å². The highest BCUT2D eigenvalue weighted by molar-refractivity contribution is 7.98. The average molecular weight is 291 g/mol. The highest BCUT2D eigenvalue weighted by atomic mass is 32.2. The third-order valence-electron chi connectivity index (χ3n) is 3.24. The van der Waals surface area contributed by atoms with E-state index >= 15 is 0 Å². The maximum absolute atomic E-state index is 14.1. The fraction of sp³-hybridized carbons (Fsp3) is 0.250. The second kappa shape index (κ2) is 6.77. The van der Waals surface area contributed by atoms with Crippen molar-refractivity contribution >= 4 is 11.8 Å². The van der Waals surface area contributed by atoms with Gasteiger partial charge < -0.3 is 10.5 Å². The molecule has 4 heteroatoms. The summed E-state index contributed by atoms with van der Waals surface area (Å²) in [7, 11) is 1.46. The molecule has 20 heavy (non-hydrogen) atoms. The number of thioether (sulfide) groups is 1. The normalized spacial score (nSPS) is 12.2. The van der Waals surface area contributed by atoms with E-state index < -0.39 is 0 Å². The standard InChI is InChI=1S/C16H18FNOS/c1-19-14-8-5-6-11(16(14)17)10-13(18)12-7-3-4-9-15(12)20-2/h3-9,13H,10,18H2,1-2H3. The third-order valence-corrected chi connectivity index (χ3v) is 4.05. The molecule has 0 aromatic heterocycles. The molecule has 0 saturated heterocycles. The van der Waals surface area contributed by atoms with Crippen LogP contribution in [0.25, 0.3) is 0 Å². The summed E-state index contributed by atoms with van der Waals surface area (Å²) in [5, 5.41) is 0. The molecule has 1 atom stereocenters. The lowest BCUT2D eigenvalue weighted by Gasteiger charge is -2.16.